The highest BCUT2D eigenvalue weighted by Crippen LogP contribution is 2.30. The monoisotopic (exact) mass is 249 g/mol. The van der Waals surface area contributed by atoms with E-state index in [1.165, 1.54) is 29.5 Å². The van der Waals surface area contributed by atoms with Crippen LogP contribution in [0.4, 0.5) is 0 Å². The number of hydrogen-bond acceptors (Lipinski definition) is 1. The van der Waals surface area contributed by atoms with Crippen molar-refractivity contribution >= 4 is 6.08 Å². The molecule has 0 aliphatic carbocycles. The maximum Gasteiger partial charge on any atom is 0.0539 e. The smallest absolute Gasteiger partial charge is 0.0539 e. The van der Waals surface area contributed by atoms with E-state index >= 15 is 0 Å². The zero-order valence-corrected chi connectivity index (χ0v) is 11.0. The van der Waals surface area contributed by atoms with Crippen molar-refractivity contribution in [2.75, 3.05) is 6.54 Å². The zero-order chi connectivity index (χ0) is 12.9. The summed E-state index contributed by atoms with van der Waals surface area (Å²) < 4.78 is 0. The second-order valence-electron chi connectivity index (χ2n) is 5.03. The van der Waals surface area contributed by atoms with Gasteiger partial charge in [-0.1, -0.05) is 66.7 Å². The van der Waals surface area contributed by atoms with Crippen LogP contribution in [0.3, 0.4) is 0 Å². The average molecular weight is 249 g/mol. The zero-order valence-electron chi connectivity index (χ0n) is 11.0. The summed E-state index contributed by atoms with van der Waals surface area (Å²) >= 11 is 0. The number of benzene rings is 2. The quantitative estimate of drug-likeness (QED) is 0.841. The van der Waals surface area contributed by atoms with Crippen LogP contribution < -0.4 is 5.32 Å². The minimum atomic E-state index is 0.371. The first-order valence-corrected chi connectivity index (χ1v) is 6.97. The molecule has 1 fully saturated rings. The normalized spacial score (nSPS) is 21.5. The minimum Gasteiger partial charge on any atom is -0.307 e. The molecule has 1 nitrogen and oxygen atoms in total. The Hall–Kier alpha value is -1.86. The molecule has 1 aliphatic rings. The van der Waals surface area contributed by atoms with Crippen molar-refractivity contribution in [1.82, 2.24) is 5.32 Å². The first-order chi connectivity index (χ1) is 9.43. The molecular weight excluding hydrogens is 230 g/mol. The summed E-state index contributed by atoms with van der Waals surface area (Å²) in [6.07, 6.45) is 4.74. The van der Waals surface area contributed by atoms with Gasteiger partial charge in [-0.25, -0.2) is 0 Å². The molecule has 1 saturated heterocycles. The molecule has 1 heterocycles. The van der Waals surface area contributed by atoms with E-state index in [4.69, 9.17) is 0 Å². The Balaban J connectivity index is 1.92. The predicted molar refractivity (Wildman–Crippen MR) is 80.8 cm³/mol. The molecule has 1 unspecified atom stereocenters. The van der Waals surface area contributed by atoms with Gasteiger partial charge in [0, 0.05) is 0 Å². The number of hydrogen-bond donors (Lipinski definition) is 1. The molecule has 1 aliphatic heterocycles. The van der Waals surface area contributed by atoms with E-state index in [1.54, 1.807) is 0 Å². The lowest BCUT2D eigenvalue weighted by Gasteiger charge is -2.27. The lowest BCUT2D eigenvalue weighted by Crippen LogP contribution is -2.28. The third-order valence-electron chi connectivity index (χ3n) is 3.65. The second-order valence-corrected chi connectivity index (χ2v) is 5.03. The largest absolute Gasteiger partial charge is 0.307 e. The summed E-state index contributed by atoms with van der Waals surface area (Å²) in [5.41, 5.74) is 4.15. The van der Waals surface area contributed by atoms with Gasteiger partial charge in [0.1, 0.15) is 0 Å². The molecule has 2 aromatic carbocycles. The van der Waals surface area contributed by atoms with Crippen molar-refractivity contribution in [3.8, 4) is 0 Å². The molecule has 0 aromatic heterocycles. The van der Waals surface area contributed by atoms with E-state index in [-0.39, 0.29) is 0 Å². The lowest BCUT2D eigenvalue weighted by molar-refractivity contribution is 0.509. The van der Waals surface area contributed by atoms with E-state index in [1.807, 2.05) is 0 Å². The van der Waals surface area contributed by atoms with Gasteiger partial charge in [-0.2, -0.15) is 0 Å². The van der Waals surface area contributed by atoms with Gasteiger partial charge < -0.3 is 5.32 Å². The predicted octanol–water partition coefficient (Wildman–Crippen LogP) is 4.19. The third kappa shape index (κ3) is 2.94. The van der Waals surface area contributed by atoms with Crippen LogP contribution in [0.2, 0.25) is 0 Å². The Kier molecular flexibility index (Phi) is 3.75. The van der Waals surface area contributed by atoms with Crippen LogP contribution in [-0.4, -0.2) is 6.54 Å². The van der Waals surface area contributed by atoms with Crippen LogP contribution in [0, 0.1) is 0 Å². The molecule has 96 valence electrons. The molecular formula is C18H19N. The van der Waals surface area contributed by atoms with E-state index in [2.05, 4.69) is 72.1 Å². The topological polar surface area (TPSA) is 12.0 Å². The molecule has 1 heteroatoms. The lowest BCUT2D eigenvalue weighted by atomic mass is 9.90. The van der Waals surface area contributed by atoms with Crippen LogP contribution in [0.15, 0.2) is 66.2 Å². The maximum absolute atomic E-state index is 3.64. The molecule has 0 radical (unpaired) electrons. The SMILES string of the molecule is C(=C1CCCNC1c1ccccc1)c1ccccc1. The fourth-order valence-electron chi connectivity index (χ4n) is 2.71. The van der Waals surface area contributed by atoms with Crippen molar-refractivity contribution in [3.05, 3.63) is 77.4 Å². The maximum atomic E-state index is 3.64. The first-order valence-electron chi connectivity index (χ1n) is 6.97. The summed E-state index contributed by atoms with van der Waals surface area (Å²) in [7, 11) is 0. The van der Waals surface area contributed by atoms with Gasteiger partial charge in [0.05, 0.1) is 6.04 Å². The fourth-order valence-corrected chi connectivity index (χ4v) is 2.71. The highest BCUT2D eigenvalue weighted by Gasteiger charge is 2.19. The van der Waals surface area contributed by atoms with Crippen molar-refractivity contribution in [2.45, 2.75) is 18.9 Å². The van der Waals surface area contributed by atoms with Crippen LogP contribution in [0.25, 0.3) is 6.08 Å². The van der Waals surface area contributed by atoms with Crippen molar-refractivity contribution in [3.63, 3.8) is 0 Å². The molecule has 19 heavy (non-hydrogen) atoms. The van der Waals surface area contributed by atoms with E-state index in [0.717, 1.165) is 6.54 Å². The van der Waals surface area contributed by atoms with E-state index in [0.29, 0.717) is 6.04 Å². The summed E-state index contributed by atoms with van der Waals surface area (Å²) in [6.45, 7) is 1.10. The van der Waals surface area contributed by atoms with Gasteiger partial charge in [0.15, 0.2) is 0 Å². The number of rotatable bonds is 2. The van der Waals surface area contributed by atoms with Crippen LogP contribution in [0.5, 0.6) is 0 Å². The molecule has 1 N–H and O–H groups in total. The minimum absolute atomic E-state index is 0.371. The van der Waals surface area contributed by atoms with E-state index in [9.17, 15) is 0 Å². The third-order valence-corrected chi connectivity index (χ3v) is 3.65. The van der Waals surface area contributed by atoms with Crippen molar-refractivity contribution < 1.29 is 0 Å². The van der Waals surface area contributed by atoms with Crippen LogP contribution >= 0.6 is 0 Å². The molecule has 2 aromatic rings. The fraction of sp³-hybridized carbons (Fsp3) is 0.222. The Morgan fingerprint density at radius 2 is 1.58 bits per heavy atom. The molecule has 0 bridgehead atoms. The molecule has 1 atom stereocenters. The number of piperidine rings is 1. The van der Waals surface area contributed by atoms with Gasteiger partial charge in [-0.15, -0.1) is 0 Å². The highest BCUT2D eigenvalue weighted by molar-refractivity contribution is 5.55. The molecule has 3 rings (SSSR count). The second kappa shape index (κ2) is 5.85. The highest BCUT2D eigenvalue weighted by atomic mass is 14.9. The molecule has 0 spiro atoms. The van der Waals surface area contributed by atoms with Gasteiger partial charge >= 0.3 is 0 Å². The van der Waals surface area contributed by atoms with Crippen molar-refractivity contribution in [1.29, 1.82) is 0 Å². The van der Waals surface area contributed by atoms with Gasteiger partial charge in [-0.3, -0.25) is 0 Å². The van der Waals surface area contributed by atoms with Crippen LogP contribution in [0.1, 0.15) is 30.0 Å². The Morgan fingerprint density at radius 3 is 2.32 bits per heavy atom. The summed E-state index contributed by atoms with van der Waals surface area (Å²) in [5, 5.41) is 3.64. The summed E-state index contributed by atoms with van der Waals surface area (Å²) in [5.74, 6) is 0. The van der Waals surface area contributed by atoms with Gasteiger partial charge in [-0.05, 0) is 36.1 Å². The van der Waals surface area contributed by atoms with E-state index < -0.39 is 0 Å². The van der Waals surface area contributed by atoms with Crippen molar-refractivity contribution in [2.24, 2.45) is 0 Å². The molecule has 0 saturated carbocycles. The Morgan fingerprint density at radius 1 is 0.895 bits per heavy atom. The summed E-state index contributed by atoms with van der Waals surface area (Å²) in [6, 6.07) is 21.7. The summed E-state index contributed by atoms with van der Waals surface area (Å²) in [4.78, 5) is 0. The van der Waals surface area contributed by atoms with Crippen LogP contribution in [-0.2, 0) is 0 Å². The van der Waals surface area contributed by atoms with Gasteiger partial charge in [0.2, 0.25) is 0 Å². The Labute approximate surface area is 115 Å². The molecule has 0 amide bonds. The average Bonchev–Trinajstić information content (AvgIpc) is 2.50. The van der Waals surface area contributed by atoms with Gasteiger partial charge in [0.25, 0.3) is 0 Å². The Bertz CT molecular complexity index is 542. The standard InChI is InChI=1S/C18H19N/c1-3-8-15(9-4-1)14-17-12-7-13-19-18(17)16-10-5-2-6-11-16/h1-6,8-11,14,18-19H,7,12-13H2. The first kappa shape index (κ1) is 12.2. The number of nitrogens with one attached hydrogen (secondary N) is 1.